The molecule has 2 aromatic rings. The van der Waals surface area contributed by atoms with E-state index in [1.54, 1.807) is 24.3 Å². The number of carbonyl (C=O) groups excluding carboxylic acids is 2. The molecule has 0 fully saturated rings. The van der Waals surface area contributed by atoms with Crippen molar-refractivity contribution in [3.63, 3.8) is 0 Å². The minimum Gasteiger partial charge on any atom is -0.495 e. The predicted octanol–water partition coefficient (Wildman–Crippen LogP) is 2.51. The van der Waals surface area contributed by atoms with Crippen LogP contribution >= 0.6 is 11.6 Å². The lowest BCUT2D eigenvalue weighted by atomic mass is 10.2. The Hall–Kier alpha value is -3.13. The van der Waals surface area contributed by atoms with E-state index in [0.29, 0.717) is 10.6 Å². The van der Waals surface area contributed by atoms with Crippen molar-refractivity contribution in [3.8, 4) is 5.75 Å². The van der Waals surface area contributed by atoms with Crippen molar-refractivity contribution in [2.24, 2.45) is 0 Å². The highest BCUT2D eigenvalue weighted by Crippen LogP contribution is 2.28. The van der Waals surface area contributed by atoms with Crippen molar-refractivity contribution in [2.75, 3.05) is 12.4 Å². The van der Waals surface area contributed by atoms with Crippen LogP contribution in [0.15, 0.2) is 42.5 Å². The molecule has 0 aliphatic carbocycles. The number of nitro benzene ring substituents is 1. The van der Waals surface area contributed by atoms with E-state index in [9.17, 15) is 19.7 Å². The second-order valence-corrected chi connectivity index (χ2v) is 5.28. The molecule has 0 saturated carbocycles. The molecule has 130 valence electrons. The molecular weight excluding hydrogens is 350 g/mol. The number of nitrogens with zero attached hydrogens (tertiary/aromatic N) is 1. The monoisotopic (exact) mass is 363 g/mol. The number of amides is 2. The van der Waals surface area contributed by atoms with Gasteiger partial charge in [-0.15, -0.1) is 0 Å². The average Bonchev–Trinajstić information content (AvgIpc) is 2.60. The predicted molar refractivity (Wildman–Crippen MR) is 91.6 cm³/mol. The number of hydrogen-bond donors (Lipinski definition) is 2. The van der Waals surface area contributed by atoms with Crippen molar-refractivity contribution in [1.29, 1.82) is 0 Å². The molecule has 2 N–H and O–H groups in total. The summed E-state index contributed by atoms with van der Waals surface area (Å²) in [5, 5.41) is 16.0. The molecule has 2 aromatic carbocycles. The first-order valence-electron chi connectivity index (χ1n) is 7.07. The van der Waals surface area contributed by atoms with E-state index in [-0.39, 0.29) is 23.7 Å². The Balaban J connectivity index is 2.06. The molecule has 0 atom stereocenters. The van der Waals surface area contributed by atoms with Gasteiger partial charge >= 0.3 is 11.8 Å². The van der Waals surface area contributed by atoms with Gasteiger partial charge in [0.1, 0.15) is 5.75 Å². The van der Waals surface area contributed by atoms with Crippen LogP contribution in [0.3, 0.4) is 0 Å². The zero-order valence-electron chi connectivity index (χ0n) is 13.1. The van der Waals surface area contributed by atoms with Crippen LogP contribution < -0.4 is 15.4 Å². The fraction of sp³-hybridized carbons (Fsp3) is 0.125. The summed E-state index contributed by atoms with van der Waals surface area (Å²) in [7, 11) is 1.34. The second kappa shape index (κ2) is 8.11. The van der Waals surface area contributed by atoms with Crippen LogP contribution in [-0.2, 0) is 16.1 Å². The topological polar surface area (TPSA) is 111 Å². The molecule has 25 heavy (non-hydrogen) atoms. The summed E-state index contributed by atoms with van der Waals surface area (Å²) in [5.74, 6) is -1.70. The van der Waals surface area contributed by atoms with Crippen molar-refractivity contribution in [3.05, 3.63) is 63.2 Å². The van der Waals surface area contributed by atoms with Crippen LogP contribution in [0.25, 0.3) is 0 Å². The average molecular weight is 364 g/mol. The molecule has 0 unspecified atom stereocenters. The summed E-state index contributed by atoms with van der Waals surface area (Å²) >= 11 is 5.97. The Labute approximate surface area is 147 Å². The van der Waals surface area contributed by atoms with Crippen molar-refractivity contribution in [2.45, 2.75) is 6.54 Å². The van der Waals surface area contributed by atoms with Crippen molar-refractivity contribution in [1.82, 2.24) is 5.32 Å². The maximum atomic E-state index is 12.0. The van der Waals surface area contributed by atoms with Gasteiger partial charge in [0.15, 0.2) is 0 Å². The Morgan fingerprint density at radius 1 is 1.20 bits per heavy atom. The van der Waals surface area contributed by atoms with Crippen LogP contribution in [0, 0.1) is 10.1 Å². The van der Waals surface area contributed by atoms with Crippen LogP contribution in [0.5, 0.6) is 5.75 Å². The first kappa shape index (κ1) is 18.2. The number of benzene rings is 2. The molecule has 0 aromatic heterocycles. The molecule has 2 rings (SSSR count). The number of methoxy groups -OCH3 is 1. The van der Waals surface area contributed by atoms with Gasteiger partial charge in [-0.2, -0.15) is 0 Å². The SMILES string of the molecule is COc1ccc([N+](=O)[O-])cc1NC(=O)C(=O)NCc1ccccc1Cl. The smallest absolute Gasteiger partial charge is 0.313 e. The van der Waals surface area contributed by atoms with E-state index < -0.39 is 16.7 Å². The van der Waals surface area contributed by atoms with Crippen molar-refractivity contribution >= 4 is 34.8 Å². The maximum absolute atomic E-state index is 12.0. The lowest BCUT2D eigenvalue weighted by Crippen LogP contribution is -2.35. The fourth-order valence-electron chi connectivity index (χ4n) is 1.98. The number of rotatable bonds is 5. The number of nitrogens with one attached hydrogen (secondary N) is 2. The third kappa shape index (κ3) is 4.67. The number of non-ortho nitro benzene ring substituents is 1. The molecule has 0 spiro atoms. The van der Waals surface area contributed by atoms with Gasteiger partial charge in [0.2, 0.25) is 0 Å². The number of ether oxygens (including phenoxy) is 1. The maximum Gasteiger partial charge on any atom is 0.313 e. The first-order valence-corrected chi connectivity index (χ1v) is 7.45. The number of hydrogen-bond acceptors (Lipinski definition) is 5. The van der Waals surface area contributed by atoms with E-state index in [4.69, 9.17) is 16.3 Å². The van der Waals surface area contributed by atoms with E-state index >= 15 is 0 Å². The van der Waals surface area contributed by atoms with Gasteiger partial charge in [-0.1, -0.05) is 29.8 Å². The summed E-state index contributed by atoms with van der Waals surface area (Å²) in [6, 6.07) is 10.5. The minimum absolute atomic E-state index is 0.0228. The first-order chi connectivity index (χ1) is 11.9. The van der Waals surface area contributed by atoms with Gasteiger partial charge in [-0.3, -0.25) is 19.7 Å². The van der Waals surface area contributed by atoms with Crippen LogP contribution in [-0.4, -0.2) is 23.8 Å². The van der Waals surface area contributed by atoms with Crippen molar-refractivity contribution < 1.29 is 19.2 Å². The van der Waals surface area contributed by atoms with Gasteiger partial charge in [-0.25, -0.2) is 0 Å². The van der Waals surface area contributed by atoms with Gasteiger partial charge in [0.05, 0.1) is 17.7 Å². The summed E-state index contributed by atoms with van der Waals surface area (Å²) in [5.41, 5.74) is 0.431. The van der Waals surface area contributed by atoms with E-state index in [0.717, 1.165) is 6.07 Å². The Morgan fingerprint density at radius 3 is 2.56 bits per heavy atom. The minimum atomic E-state index is -0.981. The highest BCUT2D eigenvalue weighted by atomic mass is 35.5. The fourth-order valence-corrected chi connectivity index (χ4v) is 2.19. The number of anilines is 1. The van der Waals surface area contributed by atoms with Gasteiger partial charge in [0, 0.05) is 23.7 Å². The number of carbonyl (C=O) groups is 2. The molecule has 8 nitrogen and oxygen atoms in total. The summed E-state index contributed by atoms with van der Waals surface area (Å²) in [6.45, 7) is 0.0675. The molecule has 9 heteroatoms. The third-order valence-electron chi connectivity index (χ3n) is 3.25. The van der Waals surface area contributed by atoms with Gasteiger partial charge in [-0.05, 0) is 17.7 Å². The molecule has 0 aliphatic rings. The Kier molecular flexibility index (Phi) is 5.91. The molecule has 0 heterocycles. The quantitative estimate of drug-likeness (QED) is 0.481. The molecular formula is C16H14ClN3O5. The van der Waals surface area contributed by atoms with E-state index in [1.165, 1.54) is 19.2 Å². The number of halogens is 1. The molecule has 0 saturated heterocycles. The zero-order valence-corrected chi connectivity index (χ0v) is 13.9. The third-order valence-corrected chi connectivity index (χ3v) is 3.61. The van der Waals surface area contributed by atoms with E-state index in [2.05, 4.69) is 10.6 Å². The normalized spacial score (nSPS) is 10.0. The van der Waals surface area contributed by atoms with Gasteiger partial charge in [0.25, 0.3) is 5.69 Å². The lowest BCUT2D eigenvalue weighted by molar-refractivity contribution is -0.384. The highest BCUT2D eigenvalue weighted by Gasteiger charge is 2.18. The zero-order chi connectivity index (χ0) is 18.4. The Morgan fingerprint density at radius 2 is 1.92 bits per heavy atom. The van der Waals surface area contributed by atoms with Crippen LogP contribution in [0.4, 0.5) is 11.4 Å². The van der Waals surface area contributed by atoms with E-state index in [1.807, 2.05) is 0 Å². The molecule has 0 bridgehead atoms. The number of nitro groups is 1. The Bertz CT molecular complexity index is 825. The largest absolute Gasteiger partial charge is 0.495 e. The second-order valence-electron chi connectivity index (χ2n) is 4.87. The molecule has 0 aliphatic heterocycles. The van der Waals surface area contributed by atoms with Crippen LogP contribution in [0.2, 0.25) is 5.02 Å². The molecule has 2 amide bonds. The van der Waals surface area contributed by atoms with Gasteiger partial charge < -0.3 is 15.4 Å². The summed E-state index contributed by atoms with van der Waals surface area (Å²) < 4.78 is 5.02. The summed E-state index contributed by atoms with van der Waals surface area (Å²) in [6.07, 6.45) is 0. The standard InChI is InChI=1S/C16H14ClN3O5/c1-25-14-7-6-11(20(23)24)8-13(14)19-16(22)15(21)18-9-10-4-2-3-5-12(10)17/h2-8H,9H2,1H3,(H,18,21)(H,19,22). The molecule has 0 radical (unpaired) electrons. The highest BCUT2D eigenvalue weighted by molar-refractivity contribution is 6.39. The van der Waals surface area contributed by atoms with Crippen LogP contribution in [0.1, 0.15) is 5.56 Å². The lowest BCUT2D eigenvalue weighted by Gasteiger charge is -2.10. The summed E-state index contributed by atoms with van der Waals surface area (Å²) in [4.78, 5) is 34.1.